The molecule has 6 heteroatoms. The highest BCUT2D eigenvalue weighted by atomic mass is 16.4. The van der Waals surface area contributed by atoms with Crippen molar-refractivity contribution in [2.24, 2.45) is 0 Å². The number of aryl methyl sites for hydroxylation is 1. The highest BCUT2D eigenvalue weighted by Crippen LogP contribution is 2.23. The SMILES string of the molecule is Cc1nnc([C@@H](C)N2CCN(C(=O)C[C@H](C)c3ccccc3)CC2)o1. The second-order valence-electron chi connectivity index (χ2n) is 6.77. The predicted octanol–water partition coefficient (Wildman–Crippen LogP) is 2.78. The van der Waals surface area contributed by atoms with E-state index in [1.807, 2.05) is 23.1 Å². The second-order valence-corrected chi connectivity index (χ2v) is 6.77. The summed E-state index contributed by atoms with van der Waals surface area (Å²) in [6, 6.07) is 10.3. The molecule has 1 aromatic heterocycles. The highest BCUT2D eigenvalue weighted by molar-refractivity contribution is 5.77. The molecule has 3 rings (SSSR count). The lowest BCUT2D eigenvalue weighted by atomic mass is 9.97. The Kier molecular flexibility index (Phi) is 5.48. The van der Waals surface area contributed by atoms with Crippen LogP contribution in [0.3, 0.4) is 0 Å². The maximum atomic E-state index is 12.6. The van der Waals surface area contributed by atoms with Gasteiger partial charge in [0.05, 0.1) is 6.04 Å². The first-order chi connectivity index (χ1) is 12.0. The number of benzene rings is 1. The Bertz CT molecular complexity index is 692. The summed E-state index contributed by atoms with van der Waals surface area (Å²) in [5, 5.41) is 8.01. The number of carbonyl (C=O) groups excluding carboxylic acids is 1. The number of nitrogens with zero attached hydrogens (tertiary/aromatic N) is 4. The van der Waals surface area contributed by atoms with Crippen LogP contribution in [0.15, 0.2) is 34.7 Å². The minimum Gasteiger partial charge on any atom is -0.424 e. The fraction of sp³-hybridized carbons (Fsp3) is 0.526. The number of aromatic nitrogens is 2. The maximum absolute atomic E-state index is 12.6. The Morgan fingerprint density at radius 3 is 2.40 bits per heavy atom. The van der Waals surface area contributed by atoms with E-state index in [2.05, 4.69) is 41.1 Å². The van der Waals surface area contributed by atoms with Gasteiger partial charge in [0, 0.05) is 39.5 Å². The van der Waals surface area contributed by atoms with E-state index in [-0.39, 0.29) is 17.9 Å². The summed E-state index contributed by atoms with van der Waals surface area (Å²) in [6.07, 6.45) is 0.558. The van der Waals surface area contributed by atoms with Crippen molar-refractivity contribution in [3.8, 4) is 0 Å². The number of hydrogen-bond acceptors (Lipinski definition) is 5. The minimum absolute atomic E-state index is 0.0849. The first-order valence-corrected chi connectivity index (χ1v) is 8.91. The van der Waals surface area contributed by atoms with E-state index in [0.29, 0.717) is 18.2 Å². The summed E-state index contributed by atoms with van der Waals surface area (Å²) in [5.74, 6) is 1.71. The molecule has 1 fully saturated rings. The van der Waals surface area contributed by atoms with Crippen molar-refractivity contribution in [3.05, 3.63) is 47.7 Å². The molecule has 1 amide bonds. The fourth-order valence-electron chi connectivity index (χ4n) is 3.29. The Balaban J connectivity index is 1.51. The lowest BCUT2D eigenvalue weighted by Gasteiger charge is -2.37. The molecule has 2 atom stereocenters. The van der Waals surface area contributed by atoms with Crippen LogP contribution in [0.5, 0.6) is 0 Å². The van der Waals surface area contributed by atoms with Crippen molar-refractivity contribution < 1.29 is 9.21 Å². The highest BCUT2D eigenvalue weighted by Gasteiger charge is 2.27. The molecule has 134 valence electrons. The number of amides is 1. The van der Waals surface area contributed by atoms with Gasteiger partial charge < -0.3 is 9.32 Å². The topological polar surface area (TPSA) is 62.5 Å². The van der Waals surface area contributed by atoms with Gasteiger partial charge >= 0.3 is 0 Å². The van der Waals surface area contributed by atoms with Crippen molar-refractivity contribution in [1.82, 2.24) is 20.0 Å². The van der Waals surface area contributed by atoms with E-state index in [1.54, 1.807) is 6.92 Å². The molecule has 0 bridgehead atoms. The average molecular weight is 342 g/mol. The van der Waals surface area contributed by atoms with Crippen LogP contribution in [-0.2, 0) is 4.79 Å². The minimum atomic E-state index is 0.0849. The molecular formula is C19H26N4O2. The zero-order valence-electron chi connectivity index (χ0n) is 15.2. The third kappa shape index (κ3) is 4.25. The molecule has 0 aliphatic carbocycles. The zero-order chi connectivity index (χ0) is 17.8. The summed E-state index contributed by atoms with van der Waals surface area (Å²) in [4.78, 5) is 16.9. The molecule has 1 saturated heterocycles. The molecular weight excluding hydrogens is 316 g/mol. The van der Waals surface area contributed by atoms with Crippen molar-refractivity contribution in [3.63, 3.8) is 0 Å². The van der Waals surface area contributed by atoms with Gasteiger partial charge in [-0.25, -0.2) is 0 Å². The van der Waals surface area contributed by atoms with Crippen molar-refractivity contribution in [2.45, 2.75) is 39.2 Å². The van der Waals surface area contributed by atoms with Crippen LogP contribution < -0.4 is 0 Å². The molecule has 25 heavy (non-hydrogen) atoms. The zero-order valence-corrected chi connectivity index (χ0v) is 15.2. The van der Waals surface area contributed by atoms with Crippen LogP contribution in [0, 0.1) is 6.92 Å². The Labute approximate surface area is 148 Å². The van der Waals surface area contributed by atoms with Crippen molar-refractivity contribution in [1.29, 1.82) is 0 Å². The Hall–Kier alpha value is -2.21. The number of rotatable bonds is 5. The third-order valence-electron chi connectivity index (χ3n) is 4.96. The molecule has 2 aromatic rings. The lowest BCUT2D eigenvalue weighted by Crippen LogP contribution is -2.49. The van der Waals surface area contributed by atoms with Crippen LogP contribution in [0.4, 0.5) is 0 Å². The van der Waals surface area contributed by atoms with Crippen LogP contribution in [0.2, 0.25) is 0 Å². The first kappa shape index (κ1) is 17.6. The van der Waals surface area contributed by atoms with E-state index in [0.717, 1.165) is 26.2 Å². The molecule has 1 aliphatic heterocycles. The van der Waals surface area contributed by atoms with Crippen molar-refractivity contribution >= 4 is 5.91 Å². The molecule has 0 N–H and O–H groups in total. The lowest BCUT2D eigenvalue weighted by molar-refractivity contribution is -0.133. The van der Waals surface area contributed by atoms with E-state index in [4.69, 9.17) is 4.42 Å². The molecule has 0 saturated carbocycles. The quantitative estimate of drug-likeness (QED) is 0.836. The third-order valence-corrected chi connectivity index (χ3v) is 4.96. The van der Waals surface area contributed by atoms with Gasteiger partial charge in [0.25, 0.3) is 0 Å². The fourth-order valence-corrected chi connectivity index (χ4v) is 3.29. The number of piperazine rings is 1. The van der Waals surface area contributed by atoms with Gasteiger partial charge in [0.15, 0.2) is 0 Å². The van der Waals surface area contributed by atoms with Gasteiger partial charge in [-0.1, -0.05) is 37.3 Å². The second kappa shape index (κ2) is 7.78. The standard InChI is InChI=1S/C19H26N4O2/c1-14(17-7-5-4-6-8-17)13-18(24)23-11-9-22(10-12-23)15(2)19-21-20-16(3)25-19/h4-8,14-15H,9-13H2,1-3H3/t14-,15+/m0/s1. The Morgan fingerprint density at radius 2 is 1.80 bits per heavy atom. The Morgan fingerprint density at radius 1 is 1.12 bits per heavy atom. The molecule has 2 heterocycles. The van der Waals surface area contributed by atoms with E-state index >= 15 is 0 Å². The van der Waals surface area contributed by atoms with Crippen molar-refractivity contribution in [2.75, 3.05) is 26.2 Å². The molecule has 0 spiro atoms. The van der Waals surface area contributed by atoms with E-state index in [1.165, 1.54) is 5.56 Å². The van der Waals surface area contributed by atoms with Gasteiger partial charge in [-0.15, -0.1) is 10.2 Å². The molecule has 0 radical (unpaired) electrons. The van der Waals surface area contributed by atoms with Crippen LogP contribution in [-0.4, -0.2) is 52.1 Å². The summed E-state index contributed by atoms with van der Waals surface area (Å²) in [5.41, 5.74) is 1.22. The van der Waals surface area contributed by atoms with Gasteiger partial charge in [0.2, 0.25) is 17.7 Å². The normalized spacial score (nSPS) is 18.1. The van der Waals surface area contributed by atoms with Crippen LogP contribution in [0.1, 0.15) is 49.6 Å². The van der Waals surface area contributed by atoms with Gasteiger partial charge in [-0.05, 0) is 18.4 Å². The molecule has 1 aliphatic rings. The maximum Gasteiger partial charge on any atom is 0.233 e. The molecule has 1 aromatic carbocycles. The summed E-state index contributed by atoms with van der Waals surface area (Å²) >= 11 is 0. The predicted molar refractivity (Wildman–Crippen MR) is 95.1 cm³/mol. The van der Waals surface area contributed by atoms with E-state index in [9.17, 15) is 4.79 Å². The largest absolute Gasteiger partial charge is 0.424 e. The number of hydrogen-bond donors (Lipinski definition) is 0. The van der Waals surface area contributed by atoms with Gasteiger partial charge in [0.1, 0.15) is 0 Å². The average Bonchev–Trinajstić information content (AvgIpc) is 3.08. The van der Waals surface area contributed by atoms with Gasteiger partial charge in [-0.2, -0.15) is 0 Å². The first-order valence-electron chi connectivity index (χ1n) is 8.91. The van der Waals surface area contributed by atoms with Gasteiger partial charge in [-0.3, -0.25) is 9.69 Å². The molecule has 6 nitrogen and oxygen atoms in total. The monoisotopic (exact) mass is 342 g/mol. The van der Waals surface area contributed by atoms with Crippen LogP contribution in [0.25, 0.3) is 0 Å². The summed E-state index contributed by atoms with van der Waals surface area (Å²) in [6.45, 7) is 9.14. The van der Waals surface area contributed by atoms with Crippen LogP contribution >= 0.6 is 0 Å². The summed E-state index contributed by atoms with van der Waals surface area (Å²) in [7, 11) is 0. The molecule has 0 unspecified atom stereocenters. The van der Waals surface area contributed by atoms with E-state index < -0.39 is 0 Å². The summed E-state index contributed by atoms with van der Waals surface area (Å²) < 4.78 is 5.53. The smallest absolute Gasteiger partial charge is 0.233 e. The number of carbonyl (C=O) groups is 1.